The van der Waals surface area contributed by atoms with Crippen LogP contribution >= 0.6 is 11.8 Å². The van der Waals surface area contributed by atoms with Crippen molar-refractivity contribution < 1.29 is 4.79 Å². The normalized spacial score (nSPS) is 17.9. The Morgan fingerprint density at radius 2 is 1.82 bits per heavy atom. The van der Waals surface area contributed by atoms with Crippen molar-refractivity contribution in [2.24, 2.45) is 10.1 Å². The van der Waals surface area contributed by atoms with Gasteiger partial charge in [0.2, 0.25) is 0 Å². The lowest BCUT2D eigenvalue weighted by Gasteiger charge is -2.33. The Balaban J connectivity index is 1.56. The van der Waals surface area contributed by atoms with Gasteiger partial charge in [0.15, 0.2) is 11.3 Å². The average Bonchev–Trinajstić information content (AvgIpc) is 3.27. The second kappa shape index (κ2) is 7.01. The summed E-state index contributed by atoms with van der Waals surface area (Å²) in [5.74, 6) is 0.564. The number of amides is 1. The molecule has 0 unspecified atom stereocenters. The Kier molecular flexibility index (Phi) is 4.21. The van der Waals surface area contributed by atoms with Crippen LogP contribution in [0.1, 0.15) is 17.4 Å². The third kappa shape index (κ3) is 2.99. The molecule has 0 aliphatic carbocycles. The van der Waals surface area contributed by atoms with Crippen LogP contribution in [0.3, 0.4) is 0 Å². The molecule has 0 saturated heterocycles. The molecular formula is C21H17N5OS. The molecule has 7 heteroatoms. The average molecular weight is 387 g/mol. The van der Waals surface area contributed by atoms with Crippen LogP contribution in [-0.4, -0.2) is 21.1 Å². The largest absolute Gasteiger partial charge is 0.362 e. The van der Waals surface area contributed by atoms with E-state index >= 15 is 0 Å². The van der Waals surface area contributed by atoms with E-state index in [1.807, 2.05) is 60.8 Å². The Morgan fingerprint density at radius 3 is 2.64 bits per heavy atom. The number of hydrazone groups is 1. The van der Waals surface area contributed by atoms with E-state index in [2.05, 4.69) is 22.4 Å². The molecule has 3 aromatic rings. The molecule has 0 spiro atoms. The molecule has 2 aliphatic heterocycles. The van der Waals surface area contributed by atoms with Crippen molar-refractivity contribution in [3.63, 3.8) is 0 Å². The van der Waals surface area contributed by atoms with Gasteiger partial charge in [-0.25, -0.2) is 5.01 Å². The van der Waals surface area contributed by atoms with Crippen molar-refractivity contribution in [1.29, 1.82) is 0 Å². The summed E-state index contributed by atoms with van der Waals surface area (Å²) in [5.41, 5.74) is 2.58. The molecule has 138 valence electrons. The first-order chi connectivity index (χ1) is 13.8. The fourth-order valence-corrected chi connectivity index (χ4v) is 4.13. The maximum atomic E-state index is 13.0. The first-order valence-electron chi connectivity index (χ1n) is 8.96. The fourth-order valence-electron chi connectivity index (χ4n) is 3.33. The number of carbonyl (C=O) groups excluding carboxylic acids is 1. The standard InChI is InChI=1S/C21H17N5OS/c27-20-18-15-9-4-5-10-16(15)23-19(17-11-6-12-22-17)26(18)25-21(24-20)28-13-14-7-2-1-3-8-14/h1-12,19,22H,13H2,(H,24,25,27)/t19-/m1/s1. The van der Waals surface area contributed by atoms with Gasteiger partial charge in [0, 0.05) is 17.2 Å². The second-order valence-electron chi connectivity index (χ2n) is 6.47. The first-order valence-corrected chi connectivity index (χ1v) is 9.94. The number of aromatic nitrogens is 1. The van der Waals surface area contributed by atoms with E-state index in [0.29, 0.717) is 10.9 Å². The molecule has 0 saturated carbocycles. The molecule has 0 radical (unpaired) electrons. The Labute approximate surface area is 165 Å². The van der Waals surface area contributed by atoms with Gasteiger partial charge in [0.25, 0.3) is 5.91 Å². The van der Waals surface area contributed by atoms with Gasteiger partial charge in [-0.15, -0.1) is 5.10 Å². The van der Waals surface area contributed by atoms with Gasteiger partial charge >= 0.3 is 0 Å². The number of aromatic amines is 1. The fraction of sp³-hybridized carbons (Fsp3) is 0.0952. The smallest absolute Gasteiger partial charge is 0.276 e. The third-order valence-corrected chi connectivity index (χ3v) is 5.57. The van der Waals surface area contributed by atoms with Crippen LogP contribution in [0, 0.1) is 0 Å². The molecule has 1 atom stereocenters. The van der Waals surface area contributed by atoms with Crippen LogP contribution in [0.25, 0.3) is 5.70 Å². The summed E-state index contributed by atoms with van der Waals surface area (Å²) in [6.07, 6.45) is 1.45. The topological polar surface area (TPSA) is 72.8 Å². The van der Waals surface area contributed by atoms with E-state index in [1.165, 1.54) is 17.3 Å². The minimum Gasteiger partial charge on any atom is -0.362 e. The van der Waals surface area contributed by atoms with Gasteiger partial charge in [-0.3, -0.25) is 15.1 Å². The zero-order valence-electron chi connectivity index (χ0n) is 14.9. The van der Waals surface area contributed by atoms with Crippen LogP contribution < -0.4 is 15.9 Å². The van der Waals surface area contributed by atoms with Crippen molar-refractivity contribution in [1.82, 2.24) is 15.3 Å². The third-order valence-electron chi connectivity index (χ3n) is 4.63. The molecular weight excluding hydrogens is 370 g/mol. The van der Waals surface area contributed by atoms with Crippen molar-refractivity contribution >= 4 is 28.5 Å². The zero-order chi connectivity index (χ0) is 18.9. The molecule has 2 aliphatic rings. The molecule has 3 heterocycles. The Hall–Kier alpha value is -3.32. The number of nitrogens with one attached hydrogen (secondary N) is 2. The number of rotatable bonds is 3. The summed E-state index contributed by atoms with van der Waals surface area (Å²) < 4.78 is 0. The van der Waals surface area contributed by atoms with E-state index in [4.69, 9.17) is 10.1 Å². The van der Waals surface area contributed by atoms with Gasteiger partial charge in [-0.1, -0.05) is 60.3 Å². The highest BCUT2D eigenvalue weighted by molar-refractivity contribution is 8.13. The lowest BCUT2D eigenvalue weighted by atomic mass is 10.1. The summed E-state index contributed by atoms with van der Waals surface area (Å²) in [6.45, 7) is 0. The molecule has 0 fully saturated rings. The number of thioether (sulfide) groups is 1. The summed E-state index contributed by atoms with van der Waals surface area (Å²) >= 11 is 1.50. The van der Waals surface area contributed by atoms with Crippen molar-refractivity contribution in [2.75, 3.05) is 0 Å². The molecule has 2 N–H and O–H groups in total. The van der Waals surface area contributed by atoms with Crippen LogP contribution in [0.15, 0.2) is 83.0 Å². The molecule has 1 amide bonds. The van der Waals surface area contributed by atoms with Crippen LogP contribution in [-0.2, 0) is 10.5 Å². The van der Waals surface area contributed by atoms with Gasteiger partial charge < -0.3 is 4.98 Å². The van der Waals surface area contributed by atoms with E-state index in [9.17, 15) is 4.79 Å². The van der Waals surface area contributed by atoms with Crippen molar-refractivity contribution in [3.05, 3.63) is 94.8 Å². The van der Waals surface area contributed by atoms with E-state index in [1.54, 1.807) is 5.01 Å². The number of amidine groups is 1. The molecule has 5 rings (SSSR count). The highest BCUT2D eigenvalue weighted by Crippen LogP contribution is 2.30. The van der Waals surface area contributed by atoms with Gasteiger partial charge in [-0.2, -0.15) is 0 Å². The lowest BCUT2D eigenvalue weighted by Crippen LogP contribution is -2.50. The zero-order valence-corrected chi connectivity index (χ0v) is 15.7. The maximum absolute atomic E-state index is 13.0. The monoisotopic (exact) mass is 387 g/mol. The van der Waals surface area contributed by atoms with Crippen LogP contribution in [0.4, 0.5) is 0 Å². The highest BCUT2D eigenvalue weighted by atomic mass is 32.2. The van der Waals surface area contributed by atoms with Gasteiger partial charge in [0.1, 0.15) is 5.70 Å². The number of fused-ring (bicyclic) bond motifs is 2. The molecule has 1 aromatic heterocycles. The van der Waals surface area contributed by atoms with E-state index in [0.717, 1.165) is 22.0 Å². The summed E-state index contributed by atoms with van der Waals surface area (Å²) in [4.78, 5) is 21.0. The van der Waals surface area contributed by atoms with Crippen LogP contribution in [0.5, 0.6) is 0 Å². The molecule has 2 aromatic carbocycles. The number of para-hydroxylation sites is 1. The molecule has 0 bridgehead atoms. The second-order valence-corrected chi connectivity index (χ2v) is 7.44. The van der Waals surface area contributed by atoms with Crippen molar-refractivity contribution in [2.45, 2.75) is 11.9 Å². The SMILES string of the molecule is O=C1NC(SCc2ccccc2)=NN2C1=c1ccccc1=N[C@H]2c1ccc[nH]1. The Morgan fingerprint density at radius 1 is 1.00 bits per heavy atom. The number of nitrogens with zero attached hydrogens (tertiary/aromatic N) is 3. The predicted octanol–water partition coefficient (Wildman–Crippen LogP) is 2.09. The minimum atomic E-state index is -0.404. The first kappa shape index (κ1) is 16.8. The molecule has 28 heavy (non-hydrogen) atoms. The number of H-pyrrole nitrogens is 1. The lowest BCUT2D eigenvalue weighted by molar-refractivity contribution is -0.116. The maximum Gasteiger partial charge on any atom is 0.276 e. The summed E-state index contributed by atoms with van der Waals surface area (Å²) in [6, 6.07) is 21.7. The predicted molar refractivity (Wildman–Crippen MR) is 109 cm³/mol. The van der Waals surface area contributed by atoms with Crippen LogP contribution in [0.2, 0.25) is 0 Å². The van der Waals surface area contributed by atoms with Gasteiger partial charge in [0.05, 0.1) is 11.1 Å². The van der Waals surface area contributed by atoms with Gasteiger partial charge in [-0.05, 0) is 23.8 Å². The number of benzene rings is 2. The number of hydrogen-bond acceptors (Lipinski definition) is 5. The number of hydrogen-bond donors (Lipinski definition) is 2. The minimum absolute atomic E-state index is 0.163. The quantitative estimate of drug-likeness (QED) is 0.723. The number of carbonyl (C=O) groups is 1. The molecule has 6 nitrogen and oxygen atoms in total. The summed E-state index contributed by atoms with van der Waals surface area (Å²) in [5, 5.41) is 11.5. The van der Waals surface area contributed by atoms with E-state index in [-0.39, 0.29) is 5.91 Å². The highest BCUT2D eigenvalue weighted by Gasteiger charge is 2.34. The summed E-state index contributed by atoms with van der Waals surface area (Å²) in [7, 11) is 0. The Bertz CT molecular complexity index is 1170. The van der Waals surface area contributed by atoms with E-state index < -0.39 is 6.17 Å². The van der Waals surface area contributed by atoms with Crippen molar-refractivity contribution in [3.8, 4) is 0 Å².